The van der Waals surface area contributed by atoms with Gasteiger partial charge in [-0.05, 0) is 54.8 Å². The largest absolute Gasteiger partial charge is 0.496 e. The monoisotopic (exact) mass is 514 g/mol. The fraction of sp³-hybridized carbons (Fsp3) is 0.207. The van der Waals surface area contributed by atoms with Gasteiger partial charge in [0.2, 0.25) is 0 Å². The average molecular weight is 515 g/mol. The number of aryl methyl sites for hydroxylation is 2. The number of ether oxygens (including phenoxy) is 2. The number of carboxylic acids is 1. The van der Waals surface area contributed by atoms with Crippen LogP contribution in [0.5, 0.6) is 11.5 Å². The van der Waals surface area contributed by atoms with Crippen LogP contribution in [0.2, 0.25) is 0 Å². The molecule has 188 valence electrons. The number of carbonyl (C=O) groups excluding carboxylic acids is 1. The van der Waals surface area contributed by atoms with Gasteiger partial charge in [0.05, 0.1) is 19.4 Å². The Bertz CT molecular complexity index is 1510. The number of rotatable bonds is 7. The summed E-state index contributed by atoms with van der Waals surface area (Å²) in [4.78, 5) is 30.1. The Morgan fingerprint density at radius 1 is 1.05 bits per heavy atom. The van der Waals surface area contributed by atoms with E-state index in [1.54, 1.807) is 13.2 Å². The topological polar surface area (TPSA) is 97.8 Å². The molecule has 7 nitrogen and oxygen atoms in total. The fourth-order valence-electron chi connectivity index (χ4n) is 4.41. The molecular formula is C29H26N2O5S. The third-order valence-corrected chi connectivity index (χ3v) is 7.57. The second kappa shape index (κ2) is 10.1. The fourth-order valence-corrected chi connectivity index (χ4v) is 5.40. The normalized spacial score (nSPS) is 12.1. The van der Waals surface area contributed by atoms with Crippen molar-refractivity contribution in [1.82, 2.24) is 10.3 Å². The molecule has 0 unspecified atom stereocenters. The van der Waals surface area contributed by atoms with Crippen LogP contribution >= 0.6 is 11.3 Å². The van der Waals surface area contributed by atoms with Crippen molar-refractivity contribution in [2.45, 2.75) is 26.8 Å². The van der Waals surface area contributed by atoms with Crippen LogP contribution in [0.15, 0.2) is 54.6 Å². The molecule has 0 saturated carbocycles. The molecule has 0 spiro atoms. The summed E-state index contributed by atoms with van der Waals surface area (Å²) in [5.74, 6) is -0.148. The zero-order valence-electron chi connectivity index (χ0n) is 20.8. The van der Waals surface area contributed by atoms with Crippen molar-refractivity contribution in [2.24, 2.45) is 0 Å². The van der Waals surface area contributed by atoms with Crippen LogP contribution in [0.25, 0.3) is 21.7 Å². The van der Waals surface area contributed by atoms with E-state index in [1.165, 1.54) is 16.9 Å². The number of carbonyl (C=O) groups is 2. The maximum Gasteiger partial charge on any atom is 0.339 e. The van der Waals surface area contributed by atoms with Gasteiger partial charge in [-0.1, -0.05) is 35.9 Å². The van der Waals surface area contributed by atoms with Crippen LogP contribution in [0.3, 0.4) is 0 Å². The van der Waals surface area contributed by atoms with Gasteiger partial charge in [-0.15, -0.1) is 11.3 Å². The summed E-state index contributed by atoms with van der Waals surface area (Å²) in [7, 11) is 1.58. The molecule has 0 radical (unpaired) electrons. The molecule has 4 aromatic rings. The van der Waals surface area contributed by atoms with Crippen molar-refractivity contribution in [3.8, 4) is 33.2 Å². The van der Waals surface area contributed by atoms with Crippen molar-refractivity contribution >= 4 is 23.2 Å². The van der Waals surface area contributed by atoms with Crippen molar-refractivity contribution in [1.29, 1.82) is 0 Å². The summed E-state index contributed by atoms with van der Waals surface area (Å²) in [6.07, 6.45) is 0.668. The molecule has 5 rings (SSSR count). The van der Waals surface area contributed by atoms with Gasteiger partial charge in [-0.25, -0.2) is 9.78 Å². The molecule has 0 saturated heterocycles. The number of nitrogens with one attached hydrogen (secondary N) is 1. The van der Waals surface area contributed by atoms with Crippen LogP contribution in [-0.4, -0.2) is 35.7 Å². The van der Waals surface area contributed by atoms with Gasteiger partial charge in [-0.2, -0.15) is 0 Å². The highest BCUT2D eigenvalue weighted by Crippen LogP contribution is 2.36. The number of amides is 1. The molecule has 2 heterocycles. The molecule has 0 atom stereocenters. The van der Waals surface area contributed by atoms with E-state index in [9.17, 15) is 14.7 Å². The number of benzene rings is 3. The number of carboxylic acid groups (broad SMARTS) is 1. The lowest BCUT2D eigenvalue weighted by Crippen LogP contribution is -2.22. The lowest BCUT2D eigenvalue weighted by molar-refractivity contribution is 0.0693. The van der Waals surface area contributed by atoms with E-state index in [0.717, 1.165) is 32.8 Å². The highest BCUT2D eigenvalue weighted by molar-refractivity contribution is 7.17. The zero-order chi connectivity index (χ0) is 26.1. The van der Waals surface area contributed by atoms with E-state index in [0.29, 0.717) is 35.1 Å². The number of fused-ring (bicyclic) bond motifs is 1. The van der Waals surface area contributed by atoms with Crippen molar-refractivity contribution < 1.29 is 24.2 Å². The molecule has 1 amide bonds. The third-order valence-electron chi connectivity index (χ3n) is 6.37. The molecule has 8 heteroatoms. The number of hydrogen-bond donors (Lipinski definition) is 2. The van der Waals surface area contributed by atoms with Gasteiger partial charge < -0.3 is 19.9 Å². The summed E-state index contributed by atoms with van der Waals surface area (Å²) in [5, 5.41) is 13.5. The summed E-state index contributed by atoms with van der Waals surface area (Å²) in [6, 6.07) is 17.3. The number of thiazole rings is 1. The molecule has 1 aliphatic heterocycles. The highest BCUT2D eigenvalue weighted by Gasteiger charge is 2.23. The quantitative estimate of drug-likeness (QED) is 0.330. The van der Waals surface area contributed by atoms with Crippen molar-refractivity contribution in [2.75, 3.05) is 13.7 Å². The molecular weight excluding hydrogens is 488 g/mol. The molecule has 0 bridgehead atoms. The van der Waals surface area contributed by atoms with Crippen LogP contribution in [0, 0.1) is 13.8 Å². The molecule has 2 N–H and O–H groups in total. The molecule has 1 aliphatic rings. The summed E-state index contributed by atoms with van der Waals surface area (Å²) < 4.78 is 11.1. The molecule has 0 fully saturated rings. The number of hydrogen-bond acceptors (Lipinski definition) is 6. The molecule has 37 heavy (non-hydrogen) atoms. The minimum atomic E-state index is -1.02. The van der Waals surface area contributed by atoms with E-state index >= 15 is 0 Å². The SMILES string of the molecule is COc1ccc(-c2cc3c(c(C(=O)O)c2)OCC3)cc1CNC(=O)c1sc(-c2ccc(C)cc2)nc1C. The van der Waals surface area contributed by atoms with E-state index in [4.69, 9.17) is 9.47 Å². The molecule has 3 aromatic carbocycles. The van der Waals surface area contributed by atoms with Gasteiger partial charge in [0.15, 0.2) is 0 Å². The Morgan fingerprint density at radius 3 is 2.54 bits per heavy atom. The first-order valence-corrected chi connectivity index (χ1v) is 12.7. The third kappa shape index (κ3) is 4.93. The predicted octanol–water partition coefficient (Wildman–Crippen LogP) is 5.67. The van der Waals surface area contributed by atoms with E-state index in [2.05, 4.69) is 10.3 Å². The Balaban J connectivity index is 1.39. The van der Waals surface area contributed by atoms with Crippen LogP contribution < -0.4 is 14.8 Å². The van der Waals surface area contributed by atoms with Gasteiger partial charge in [0.1, 0.15) is 26.9 Å². The van der Waals surface area contributed by atoms with Gasteiger partial charge in [0, 0.05) is 24.1 Å². The van der Waals surface area contributed by atoms with Gasteiger partial charge >= 0.3 is 5.97 Å². The zero-order valence-corrected chi connectivity index (χ0v) is 21.6. The van der Waals surface area contributed by atoms with Crippen LogP contribution in [0.1, 0.15) is 42.4 Å². The number of methoxy groups -OCH3 is 1. The van der Waals surface area contributed by atoms with Crippen molar-refractivity contribution in [3.05, 3.63) is 87.4 Å². The minimum absolute atomic E-state index is 0.153. The highest BCUT2D eigenvalue weighted by atomic mass is 32.1. The standard InChI is InChI=1S/C29H26N2O5S/c1-16-4-6-18(7-5-16)28-31-17(2)26(37-28)27(32)30-15-22-12-19(8-9-24(22)35-3)21-13-20-10-11-36-25(20)23(14-21)29(33)34/h4-9,12-14H,10-11,15H2,1-3H3,(H,30,32)(H,33,34). The molecule has 0 aliphatic carbocycles. The van der Waals surface area contributed by atoms with Gasteiger partial charge in [-0.3, -0.25) is 4.79 Å². The lowest BCUT2D eigenvalue weighted by atomic mass is 9.96. The first-order chi connectivity index (χ1) is 17.8. The first-order valence-electron chi connectivity index (χ1n) is 11.9. The first kappa shape index (κ1) is 24.5. The second-order valence-electron chi connectivity index (χ2n) is 8.92. The summed E-state index contributed by atoms with van der Waals surface area (Å²) >= 11 is 1.37. The maximum absolute atomic E-state index is 13.1. The second-order valence-corrected chi connectivity index (χ2v) is 9.92. The average Bonchev–Trinajstić information content (AvgIpc) is 3.53. The van der Waals surface area contributed by atoms with Gasteiger partial charge in [0.25, 0.3) is 5.91 Å². The smallest absolute Gasteiger partial charge is 0.339 e. The Hall–Kier alpha value is -4.17. The number of aromatic nitrogens is 1. The van der Waals surface area contributed by atoms with Crippen molar-refractivity contribution in [3.63, 3.8) is 0 Å². The summed E-state index contributed by atoms with van der Waals surface area (Å²) in [6.45, 7) is 4.58. The number of nitrogens with zero attached hydrogens (tertiary/aromatic N) is 1. The Morgan fingerprint density at radius 2 is 1.81 bits per heavy atom. The van der Waals surface area contributed by atoms with Crippen LogP contribution in [-0.2, 0) is 13.0 Å². The van der Waals surface area contributed by atoms with Crippen LogP contribution in [0.4, 0.5) is 0 Å². The Kier molecular flexibility index (Phi) is 6.67. The lowest BCUT2D eigenvalue weighted by Gasteiger charge is -2.13. The molecule has 1 aromatic heterocycles. The predicted molar refractivity (Wildman–Crippen MR) is 143 cm³/mol. The van der Waals surface area contributed by atoms with E-state index in [1.807, 2.05) is 62.4 Å². The Labute approximate surface area is 218 Å². The van der Waals surface area contributed by atoms with E-state index < -0.39 is 5.97 Å². The number of aromatic carboxylic acids is 1. The van der Waals surface area contributed by atoms with E-state index in [-0.39, 0.29) is 18.0 Å². The minimum Gasteiger partial charge on any atom is -0.496 e. The summed E-state index contributed by atoms with van der Waals surface area (Å²) in [5.41, 5.74) is 6.25. The maximum atomic E-state index is 13.1.